The van der Waals surface area contributed by atoms with Gasteiger partial charge in [0.15, 0.2) is 0 Å². The molecule has 0 aromatic carbocycles. The van der Waals surface area contributed by atoms with Crippen LogP contribution < -0.4 is 10.9 Å². The molecule has 0 bridgehead atoms. The number of hydrogen-bond donors (Lipinski definition) is 2. The average molecular weight is 281 g/mol. The Hall–Kier alpha value is -1.20. The summed E-state index contributed by atoms with van der Waals surface area (Å²) in [6, 6.07) is 1.54. The Morgan fingerprint density at radius 3 is 2.70 bits per heavy atom. The molecule has 1 aromatic rings. The van der Waals surface area contributed by atoms with E-state index in [4.69, 9.17) is 4.74 Å². The molecule has 0 aliphatic carbocycles. The fourth-order valence-electron chi connectivity index (χ4n) is 1.99. The fraction of sp³-hybridized carbons (Fsp3) is 0.733. The Balaban J connectivity index is 2.93. The van der Waals surface area contributed by atoms with E-state index < -0.39 is 5.60 Å². The lowest BCUT2D eigenvalue weighted by atomic mass is 10.0. The first-order chi connectivity index (χ1) is 9.41. The van der Waals surface area contributed by atoms with Gasteiger partial charge in [0.25, 0.3) is 5.56 Å². The molecule has 20 heavy (non-hydrogen) atoms. The average Bonchev–Trinajstić information content (AvgIpc) is 2.37. The van der Waals surface area contributed by atoms with Gasteiger partial charge in [-0.1, -0.05) is 20.8 Å². The lowest BCUT2D eigenvalue weighted by Gasteiger charge is -2.27. The molecule has 0 spiro atoms. The molecule has 0 saturated heterocycles. The van der Waals surface area contributed by atoms with E-state index in [1.54, 1.807) is 6.07 Å². The highest BCUT2D eigenvalue weighted by molar-refractivity contribution is 5.08. The maximum absolute atomic E-state index is 11.8. The number of hydrogen-bond acceptors (Lipinski definition) is 4. The predicted octanol–water partition coefficient (Wildman–Crippen LogP) is 2.18. The van der Waals surface area contributed by atoms with Gasteiger partial charge in [0.2, 0.25) is 0 Å². The monoisotopic (exact) mass is 281 g/mol. The van der Waals surface area contributed by atoms with Gasteiger partial charge in [-0.05, 0) is 32.7 Å². The van der Waals surface area contributed by atoms with Gasteiger partial charge in [-0.15, -0.1) is 0 Å². The van der Waals surface area contributed by atoms with Gasteiger partial charge in [0.1, 0.15) is 11.4 Å². The van der Waals surface area contributed by atoms with Gasteiger partial charge in [-0.2, -0.15) is 0 Å². The Bertz CT molecular complexity index is 470. The van der Waals surface area contributed by atoms with E-state index in [0.29, 0.717) is 24.9 Å². The molecule has 1 unspecified atom stereocenters. The van der Waals surface area contributed by atoms with Crippen molar-refractivity contribution < 1.29 is 4.74 Å². The van der Waals surface area contributed by atoms with Crippen LogP contribution in [0.25, 0.3) is 0 Å². The molecule has 1 atom stereocenters. The minimum atomic E-state index is -0.540. The molecule has 114 valence electrons. The minimum Gasteiger partial charge on any atom is -0.368 e. The zero-order valence-corrected chi connectivity index (χ0v) is 13.2. The van der Waals surface area contributed by atoms with Crippen LogP contribution in [-0.2, 0) is 16.9 Å². The lowest BCUT2D eigenvalue weighted by molar-refractivity contribution is -0.0393. The molecule has 1 aromatic heterocycles. The van der Waals surface area contributed by atoms with E-state index in [9.17, 15) is 4.79 Å². The van der Waals surface area contributed by atoms with Gasteiger partial charge < -0.3 is 15.0 Å². The third kappa shape index (κ3) is 4.72. The molecule has 0 aliphatic rings. The summed E-state index contributed by atoms with van der Waals surface area (Å²) in [5, 5.41) is 3.30. The summed E-state index contributed by atoms with van der Waals surface area (Å²) in [6.45, 7) is 12.3. The molecule has 2 N–H and O–H groups in total. The first-order valence-electron chi connectivity index (χ1n) is 7.36. The van der Waals surface area contributed by atoms with Crippen molar-refractivity contribution in [1.82, 2.24) is 15.3 Å². The second kappa shape index (κ2) is 7.55. The number of aromatic nitrogens is 2. The number of rotatable bonds is 8. The topological polar surface area (TPSA) is 67.0 Å². The molecule has 0 radical (unpaired) electrons. The molecule has 5 nitrogen and oxygen atoms in total. The third-order valence-electron chi connectivity index (χ3n) is 3.29. The van der Waals surface area contributed by atoms with Crippen LogP contribution in [0.4, 0.5) is 0 Å². The van der Waals surface area contributed by atoms with Crippen LogP contribution in [-0.4, -0.2) is 23.1 Å². The van der Waals surface area contributed by atoms with E-state index in [1.807, 2.05) is 20.8 Å². The molecule has 0 saturated carbocycles. The molecule has 5 heteroatoms. The van der Waals surface area contributed by atoms with Gasteiger partial charge in [0.05, 0.1) is 5.69 Å². The van der Waals surface area contributed by atoms with Crippen molar-refractivity contribution in [3.05, 3.63) is 27.9 Å². The van der Waals surface area contributed by atoms with E-state index >= 15 is 0 Å². The second-order valence-electron chi connectivity index (χ2n) is 5.63. The summed E-state index contributed by atoms with van der Waals surface area (Å²) >= 11 is 0. The molecule has 0 fully saturated rings. The van der Waals surface area contributed by atoms with Crippen molar-refractivity contribution in [2.45, 2.75) is 53.2 Å². The van der Waals surface area contributed by atoms with Gasteiger partial charge >= 0.3 is 0 Å². The summed E-state index contributed by atoms with van der Waals surface area (Å²) in [5.74, 6) is 1.18. The van der Waals surface area contributed by atoms with Crippen LogP contribution in [0.2, 0.25) is 0 Å². The van der Waals surface area contributed by atoms with Crippen molar-refractivity contribution in [2.24, 2.45) is 5.92 Å². The van der Waals surface area contributed by atoms with E-state index in [-0.39, 0.29) is 5.56 Å². The fourth-order valence-corrected chi connectivity index (χ4v) is 1.99. The van der Waals surface area contributed by atoms with Crippen LogP contribution in [0, 0.1) is 5.92 Å². The van der Waals surface area contributed by atoms with E-state index in [2.05, 4.69) is 29.1 Å². The van der Waals surface area contributed by atoms with E-state index in [0.717, 1.165) is 18.7 Å². The summed E-state index contributed by atoms with van der Waals surface area (Å²) in [7, 11) is 0. The summed E-state index contributed by atoms with van der Waals surface area (Å²) < 4.78 is 5.76. The first kappa shape index (κ1) is 16.9. The largest absolute Gasteiger partial charge is 0.368 e. The smallest absolute Gasteiger partial charge is 0.251 e. The van der Waals surface area contributed by atoms with Gasteiger partial charge in [-0.3, -0.25) is 4.79 Å². The van der Waals surface area contributed by atoms with E-state index in [1.165, 1.54) is 0 Å². The highest BCUT2D eigenvalue weighted by atomic mass is 16.5. The molecule has 1 heterocycles. The quantitative estimate of drug-likeness (QED) is 0.766. The number of nitrogens with one attached hydrogen (secondary N) is 2. The van der Waals surface area contributed by atoms with Crippen LogP contribution in [0.15, 0.2) is 10.9 Å². The Morgan fingerprint density at radius 1 is 1.45 bits per heavy atom. The number of nitrogens with zero attached hydrogens (tertiary/aromatic N) is 1. The van der Waals surface area contributed by atoms with Crippen molar-refractivity contribution in [3.8, 4) is 0 Å². The highest BCUT2D eigenvalue weighted by Gasteiger charge is 2.28. The molecule has 0 amide bonds. The number of ether oxygens (including phenoxy) is 1. The Labute approximate surface area is 121 Å². The zero-order valence-electron chi connectivity index (χ0n) is 13.2. The maximum atomic E-state index is 11.8. The normalized spacial score (nSPS) is 14.5. The second-order valence-corrected chi connectivity index (χ2v) is 5.63. The van der Waals surface area contributed by atoms with Crippen LogP contribution in [0.1, 0.15) is 52.6 Å². The van der Waals surface area contributed by atoms with Gasteiger partial charge in [0, 0.05) is 19.2 Å². The van der Waals surface area contributed by atoms with Crippen LogP contribution in [0.5, 0.6) is 0 Å². The highest BCUT2D eigenvalue weighted by Crippen LogP contribution is 2.25. The summed E-state index contributed by atoms with van der Waals surface area (Å²) in [4.78, 5) is 19.1. The SMILES string of the molecule is CCOC(C)(CC)c1nc(CNCC(C)C)cc(=O)[nH]1. The van der Waals surface area contributed by atoms with Crippen LogP contribution in [0.3, 0.4) is 0 Å². The van der Waals surface area contributed by atoms with Crippen molar-refractivity contribution in [3.63, 3.8) is 0 Å². The predicted molar refractivity (Wildman–Crippen MR) is 80.7 cm³/mol. The number of aromatic amines is 1. The Morgan fingerprint density at radius 2 is 2.15 bits per heavy atom. The third-order valence-corrected chi connectivity index (χ3v) is 3.29. The van der Waals surface area contributed by atoms with Crippen LogP contribution >= 0.6 is 0 Å². The van der Waals surface area contributed by atoms with Gasteiger partial charge in [-0.25, -0.2) is 4.98 Å². The standard InChI is InChI=1S/C15H27N3O2/c1-6-15(5,20-7-2)14-17-12(8-13(19)18-14)10-16-9-11(3)4/h8,11,16H,6-7,9-10H2,1-5H3,(H,17,18,19). The van der Waals surface area contributed by atoms with Crippen molar-refractivity contribution in [2.75, 3.05) is 13.2 Å². The zero-order chi connectivity index (χ0) is 15.2. The Kier molecular flexibility index (Phi) is 6.36. The summed E-state index contributed by atoms with van der Waals surface area (Å²) in [5.41, 5.74) is 0.0848. The molecular weight excluding hydrogens is 254 g/mol. The molecular formula is C15H27N3O2. The molecule has 0 aliphatic heterocycles. The number of H-pyrrole nitrogens is 1. The molecule has 1 rings (SSSR count). The lowest BCUT2D eigenvalue weighted by Crippen LogP contribution is -2.32. The van der Waals surface area contributed by atoms with Crippen molar-refractivity contribution >= 4 is 0 Å². The first-order valence-corrected chi connectivity index (χ1v) is 7.36. The maximum Gasteiger partial charge on any atom is 0.251 e. The van der Waals surface area contributed by atoms with Crippen molar-refractivity contribution in [1.29, 1.82) is 0 Å². The summed E-state index contributed by atoms with van der Waals surface area (Å²) in [6.07, 6.45) is 0.757. The minimum absolute atomic E-state index is 0.129.